The first kappa shape index (κ1) is 17.9. The van der Waals surface area contributed by atoms with Crippen LogP contribution in [0, 0.1) is 0 Å². The van der Waals surface area contributed by atoms with Gasteiger partial charge in [0.25, 0.3) is 0 Å². The number of aliphatic hydroxyl groups excluding tert-OH is 8. The number of rotatable bonds is 2. The largest absolute Gasteiger partial charge is 0.388 e. The second-order valence-corrected chi connectivity index (χ2v) is 5.74. The molecule has 0 spiro atoms. The minimum atomic E-state index is -1.78. The molecular weight excluding hydrogens is 304 g/mol. The van der Waals surface area contributed by atoms with E-state index >= 15 is 0 Å². The van der Waals surface area contributed by atoms with E-state index in [1.54, 1.807) is 0 Å². The van der Waals surface area contributed by atoms with E-state index in [0.29, 0.717) is 0 Å². The maximum atomic E-state index is 9.84. The Balaban J connectivity index is 2.11. The van der Waals surface area contributed by atoms with Gasteiger partial charge in [-0.05, 0) is 6.92 Å². The van der Waals surface area contributed by atoms with E-state index in [1.807, 2.05) is 0 Å². The summed E-state index contributed by atoms with van der Waals surface area (Å²) in [5, 5.41) is 77.4. The highest BCUT2D eigenvalue weighted by molar-refractivity contribution is 5.00. The van der Waals surface area contributed by atoms with Crippen LogP contribution in [0.15, 0.2) is 0 Å². The SMILES string of the molecule is CC1O[C@@H](OC2C(O)C(O)C(O)C(O)C2O)[C@@H](O)C(O)[C@H]1O. The van der Waals surface area contributed by atoms with Crippen molar-refractivity contribution in [2.75, 3.05) is 0 Å². The average molecular weight is 326 g/mol. The van der Waals surface area contributed by atoms with Crippen molar-refractivity contribution < 1.29 is 50.3 Å². The molecule has 10 nitrogen and oxygen atoms in total. The van der Waals surface area contributed by atoms with E-state index < -0.39 is 67.3 Å². The van der Waals surface area contributed by atoms with Crippen molar-refractivity contribution in [2.45, 2.75) is 74.3 Å². The van der Waals surface area contributed by atoms with Crippen LogP contribution in [0.4, 0.5) is 0 Å². The van der Waals surface area contributed by atoms with Crippen molar-refractivity contribution in [3.05, 3.63) is 0 Å². The highest BCUT2D eigenvalue weighted by Gasteiger charge is 2.52. The van der Waals surface area contributed by atoms with Crippen molar-refractivity contribution in [3.63, 3.8) is 0 Å². The molecule has 0 bridgehead atoms. The van der Waals surface area contributed by atoms with Gasteiger partial charge in [-0.2, -0.15) is 0 Å². The Kier molecular flexibility index (Phi) is 5.39. The van der Waals surface area contributed by atoms with Crippen LogP contribution in [-0.2, 0) is 9.47 Å². The van der Waals surface area contributed by atoms with Crippen LogP contribution in [0.25, 0.3) is 0 Å². The standard InChI is InChI=1S/C12H22O10/c1-2-3(13)4(14)10(20)12(21-2)22-11-8(18)6(16)5(15)7(17)9(11)19/h2-20H,1H3/t2?,3-,4?,5?,6?,7?,8?,9?,10-,11?,12-/m0/s1. The Bertz CT molecular complexity index is 365. The quantitative estimate of drug-likeness (QED) is 0.245. The third-order valence-electron chi connectivity index (χ3n) is 4.17. The van der Waals surface area contributed by atoms with Crippen molar-refractivity contribution in [1.82, 2.24) is 0 Å². The smallest absolute Gasteiger partial charge is 0.187 e. The zero-order chi connectivity index (χ0) is 16.8. The van der Waals surface area contributed by atoms with Gasteiger partial charge in [0.15, 0.2) is 6.29 Å². The van der Waals surface area contributed by atoms with E-state index in [4.69, 9.17) is 9.47 Å². The summed E-state index contributed by atoms with van der Waals surface area (Å²) in [7, 11) is 0. The fraction of sp³-hybridized carbons (Fsp3) is 1.00. The molecule has 1 aliphatic carbocycles. The lowest BCUT2D eigenvalue weighted by Gasteiger charge is -2.45. The summed E-state index contributed by atoms with van der Waals surface area (Å²) >= 11 is 0. The molecule has 1 saturated carbocycles. The topological polar surface area (TPSA) is 180 Å². The van der Waals surface area contributed by atoms with Gasteiger partial charge in [0.05, 0.1) is 6.10 Å². The molecule has 0 aromatic heterocycles. The summed E-state index contributed by atoms with van der Waals surface area (Å²) in [4.78, 5) is 0. The first-order chi connectivity index (χ1) is 10.2. The summed E-state index contributed by atoms with van der Waals surface area (Å²) in [6.07, 6.45) is -17.5. The first-order valence-corrected chi connectivity index (χ1v) is 6.92. The molecule has 22 heavy (non-hydrogen) atoms. The molecule has 0 aromatic carbocycles. The highest BCUT2D eigenvalue weighted by atomic mass is 16.7. The van der Waals surface area contributed by atoms with Gasteiger partial charge in [-0.15, -0.1) is 0 Å². The first-order valence-electron chi connectivity index (χ1n) is 6.92. The van der Waals surface area contributed by atoms with Crippen LogP contribution in [0.1, 0.15) is 6.92 Å². The summed E-state index contributed by atoms with van der Waals surface area (Å²) in [5.74, 6) is 0. The molecule has 8 N–H and O–H groups in total. The van der Waals surface area contributed by atoms with Gasteiger partial charge >= 0.3 is 0 Å². The van der Waals surface area contributed by atoms with Crippen LogP contribution in [0.3, 0.4) is 0 Å². The highest BCUT2D eigenvalue weighted by Crippen LogP contribution is 2.29. The van der Waals surface area contributed by atoms with E-state index in [2.05, 4.69) is 0 Å². The molecular formula is C12H22O10. The summed E-state index contributed by atoms with van der Waals surface area (Å²) in [6, 6.07) is 0. The van der Waals surface area contributed by atoms with Crippen LogP contribution in [0.5, 0.6) is 0 Å². The van der Waals surface area contributed by atoms with Gasteiger partial charge in [-0.25, -0.2) is 0 Å². The summed E-state index contributed by atoms with van der Waals surface area (Å²) in [5.41, 5.74) is 0. The minimum Gasteiger partial charge on any atom is -0.388 e. The zero-order valence-electron chi connectivity index (χ0n) is 11.7. The fourth-order valence-electron chi connectivity index (χ4n) is 2.64. The van der Waals surface area contributed by atoms with Crippen molar-refractivity contribution in [1.29, 1.82) is 0 Å². The third-order valence-corrected chi connectivity index (χ3v) is 4.17. The molecule has 1 aliphatic heterocycles. The fourth-order valence-corrected chi connectivity index (χ4v) is 2.64. The Labute approximate surface area is 125 Å². The molecule has 2 aliphatic rings. The number of hydrogen-bond donors (Lipinski definition) is 8. The molecule has 2 fully saturated rings. The number of hydrogen-bond acceptors (Lipinski definition) is 10. The normalized spacial score (nSPS) is 56.9. The Morgan fingerprint density at radius 2 is 1.00 bits per heavy atom. The lowest BCUT2D eigenvalue weighted by molar-refractivity contribution is -0.334. The van der Waals surface area contributed by atoms with Gasteiger partial charge < -0.3 is 50.3 Å². The van der Waals surface area contributed by atoms with Crippen molar-refractivity contribution in [2.24, 2.45) is 0 Å². The van der Waals surface area contributed by atoms with Gasteiger partial charge in [-0.3, -0.25) is 0 Å². The maximum Gasteiger partial charge on any atom is 0.187 e. The van der Waals surface area contributed by atoms with Gasteiger partial charge in [0, 0.05) is 0 Å². The van der Waals surface area contributed by atoms with Gasteiger partial charge in [0.1, 0.15) is 54.9 Å². The van der Waals surface area contributed by atoms with E-state index in [-0.39, 0.29) is 0 Å². The summed E-state index contributed by atoms with van der Waals surface area (Å²) in [6.45, 7) is 1.41. The lowest BCUT2D eigenvalue weighted by atomic mass is 9.84. The Morgan fingerprint density at radius 1 is 0.591 bits per heavy atom. The van der Waals surface area contributed by atoms with Crippen LogP contribution >= 0.6 is 0 Å². The van der Waals surface area contributed by atoms with Gasteiger partial charge in [-0.1, -0.05) is 0 Å². The van der Waals surface area contributed by atoms with E-state index in [1.165, 1.54) is 6.92 Å². The molecule has 9 atom stereocenters. The van der Waals surface area contributed by atoms with E-state index in [0.717, 1.165) is 0 Å². The number of aliphatic hydroxyl groups is 8. The average Bonchev–Trinajstić information content (AvgIpc) is 2.50. The lowest BCUT2D eigenvalue weighted by Crippen LogP contribution is -2.66. The molecule has 130 valence electrons. The molecule has 0 aromatic rings. The Morgan fingerprint density at radius 3 is 1.50 bits per heavy atom. The maximum absolute atomic E-state index is 9.84. The van der Waals surface area contributed by atoms with Crippen molar-refractivity contribution in [3.8, 4) is 0 Å². The molecule has 10 heteroatoms. The molecule has 6 unspecified atom stereocenters. The predicted octanol–water partition coefficient (Wildman–Crippen LogP) is -4.98. The number of ether oxygens (including phenoxy) is 2. The second-order valence-electron chi connectivity index (χ2n) is 5.74. The van der Waals surface area contributed by atoms with Gasteiger partial charge in [0.2, 0.25) is 0 Å². The van der Waals surface area contributed by atoms with Crippen LogP contribution in [-0.4, -0.2) is 108 Å². The zero-order valence-corrected chi connectivity index (χ0v) is 11.7. The molecule has 0 radical (unpaired) electrons. The second kappa shape index (κ2) is 6.61. The molecule has 2 rings (SSSR count). The summed E-state index contributed by atoms with van der Waals surface area (Å²) < 4.78 is 10.3. The van der Waals surface area contributed by atoms with Crippen molar-refractivity contribution >= 4 is 0 Å². The third kappa shape index (κ3) is 2.99. The molecule has 1 heterocycles. The van der Waals surface area contributed by atoms with E-state index in [9.17, 15) is 40.9 Å². The predicted molar refractivity (Wildman–Crippen MR) is 67.3 cm³/mol. The Hall–Kier alpha value is -0.400. The van der Waals surface area contributed by atoms with Crippen LogP contribution in [0.2, 0.25) is 0 Å². The monoisotopic (exact) mass is 326 g/mol. The molecule has 0 amide bonds. The minimum absolute atomic E-state index is 0.901. The molecule has 1 saturated heterocycles. The van der Waals surface area contributed by atoms with Crippen LogP contribution < -0.4 is 0 Å².